The summed E-state index contributed by atoms with van der Waals surface area (Å²) in [6.07, 6.45) is 0.969. The van der Waals surface area contributed by atoms with Crippen molar-refractivity contribution >= 4 is 12.4 Å². The van der Waals surface area contributed by atoms with Gasteiger partial charge in [-0.1, -0.05) is 12.1 Å². The van der Waals surface area contributed by atoms with E-state index in [0.717, 1.165) is 13.0 Å². The molecule has 1 fully saturated rings. The highest BCUT2D eigenvalue weighted by molar-refractivity contribution is 5.85. The zero-order valence-corrected chi connectivity index (χ0v) is 7.77. The maximum atomic E-state index is 12.8. The van der Waals surface area contributed by atoms with E-state index in [2.05, 4.69) is 5.32 Å². The highest BCUT2D eigenvalue weighted by Gasteiger charge is 2.22. The number of para-hydroxylation sites is 1. The molecular formula is C9H11ClFNO. The number of phenols is 1. The Morgan fingerprint density at radius 1 is 1.46 bits per heavy atom. The third kappa shape index (κ3) is 1.76. The number of hydrogen-bond donors (Lipinski definition) is 2. The van der Waals surface area contributed by atoms with Crippen molar-refractivity contribution in [2.24, 2.45) is 0 Å². The van der Waals surface area contributed by atoms with Crippen LogP contribution >= 0.6 is 12.4 Å². The summed E-state index contributed by atoms with van der Waals surface area (Å²) >= 11 is 0. The maximum absolute atomic E-state index is 12.8. The van der Waals surface area contributed by atoms with E-state index in [9.17, 15) is 9.50 Å². The normalized spacial score (nSPS) is 20.2. The number of halogens is 2. The molecule has 0 saturated carbocycles. The molecule has 1 atom stereocenters. The standard InChI is InChI=1S/C9H10FNO.ClH/c10-7-3-1-2-6(9(7)12)8-4-5-11-8;/h1-3,8,11-12H,4-5H2;1H/t8-;/m1./s1. The summed E-state index contributed by atoms with van der Waals surface area (Å²) in [6, 6.07) is 4.76. The van der Waals surface area contributed by atoms with Gasteiger partial charge in [0.05, 0.1) is 0 Å². The molecule has 13 heavy (non-hydrogen) atoms. The molecule has 0 bridgehead atoms. The van der Waals surface area contributed by atoms with Crippen LogP contribution in [0.25, 0.3) is 0 Å². The van der Waals surface area contributed by atoms with Gasteiger partial charge in [-0.3, -0.25) is 0 Å². The molecule has 1 aliphatic rings. The van der Waals surface area contributed by atoms with E-state index in [0.29, 0.717) is 5.56 Å². The maximum Gasteiger partial charge on any atom is 0.165 e. The molecule has 1 aromatic rings. The summed E-state index contributed by atoms with van der Waals surface area (Å²) in [4.78, 5) is 0. The number of rotatable bonds is 1. The lowest BCUT2D eigenvalue weighted by atomic mass is 9.97. The molecule has 0 amide bonds. The van der Waals surface area contributed by atoms with Crippen LogP contribution in [0.2, 0.25) is 0 Å². The minimum Gasteiger partial charge on any atom is -0.505 e. The second kappa shape index (κ2) is 3.94. The lowest BCUT2D eigenvalue weighted by molar-refractivity contribution is 0.355. The Morgan fingerprint density at radius 2 is 2.15 bits per heavy atom. The Balaban J connectivity index is 0.000000845. The highest BCUT2D eigenvalue weighted by atomic mass is 35.5. The first-order valence-corrected chi connectivity index (χ1v) is 4.00. The summed E-state index contributed by atoms with van der Waals surface area (Å²) in [7, 11) is 0. The van der Waals surface area contributed by atoms with Crippen molar-refractivity contribution in [3.8, 4) is 5.75 Å². The number of hydrogen-bond acceptors (Lipinski definition) is 2. The van der Waals surface area contributed by atoms with Gasteiger partial charge in [-0.05, 0) is 19.0 Å². The Morgan fingerprint density at radius 3 is 2.69 bits per heavy atom. The van der Waals surface area contributed by atoms with E-state index in [4.69, 9.17) is 0 Å². The van der Waals surface area contributed by atoms with Gasteiger partial charge in [-0.2, -0.15) is 0 Å². The van der Waals surface area contributed by atoms with Crippen LogP contribution in [0, 0.1) is 5.82 Å². The van der Waals surface area contributed by atoms with Crippen LogP contribution < -0.4 is 5.32 Å². The molecule has 0 spiro atoms. The Hall–Kier alpha value is -0.800. The first kappa shape index (κ1) is 10.3. The predicted molar refractivity (Wildman–Crippen MR) is 50.7 cm³/mol. The number of aromatic hydroxyl groups is 1. The van der Waals surface area contributed by atoms with Gasteiger partial charge in [-0.25, -0.2) is 4.39 Å². The van der Waals surface area contributed by atoms with E-state index in [-0.39, 0.29) is 24.2 Å². The van der Waals surface area contributed by atoms with E-state index in [1.165, 1.54) is 6.07 Å². The van der Waals surface area contributed by atoms with Crippen molar-refractivity contribution in [3.05, 3.63) is 29.6 Å². The largest absolute Gasteiger partial charge is 0.505 e. The fourth-order valence-corrected chi connectivity index (χ4v) is 1.37. The van der Waals surface area contributed by atoms with E-state index in [1.54, 1.807) is 12.1 Å². The van der Waals surface area contributed by atoms with E-state index >= 15 is 0 Å². The van der Waals surface area contributed by atoms with Crippen LogP contribution in [-0.2, 0) is 0 Å². The molecule has 1 heterocycles. The molecule has 0 aromatic heterocycles. The first-order chi connectivity index (χ1) is 5.79. The van der Waals surface area contributed by atoms with Crippen molar-refractivity contribution in [2.45, 2.75) is 12.5 Å². The second-order valence-electron chi connectivity index (χ2n) is 2.97. The number of nitrogens with one attached hydrogen (secondary N) is 1. The topological polar surface area (TPSA) is 32.3 Å². The molecule has 0 aliphatic carbocycles. The Kier molecular flexibility index (Phi) is 3.12. The zero-order valence-electron chi connectivity index (χ0n) is 6.96. The molecule has 0 unspecified atom stereocenters. The van der Waals surface area contributed by atoms with Gasteiger partial charge in [0.1, 0.15) is 0 Å². The van der Waals surface area contributed by atoms with Gasteiger partial charge < -0.3 is 10.4 Å². The molecule has 1 aromatic carbocycles. The van der Waals surface area contributed by atoms with Crippen molar-refractivity contribution in [1.29, 1.82) is 0 Å². The molecule has 72 valence electrons. The predicted octanol–water partition coefficient (Wildman–Crippen LogP) is 1.99. The third-order valence-electron chi connectivity index (χ3n) is 2.22. The van der Waals surface area contributed by atoms with Crippen molar-refractivity contribution < 1.29 is 9.50 Å². The van der Waals surface area contributed by atoms with Gasteiger partial charge >= 0.3 is 0 Å². The van der Waals surface area contributed by atoms with Gasteiger partial charge in [0.25, 0.3) is 0 Å². The van der Waals surface area contributed by atoms with Gasteiger partial charge in [0, 0.05) is 11.6 Å². The molecule has 1 aliphatic heterocycles. The van der Waals surface area contributed by atoms with Gasteiger partial charge in [0.2, 0.25) is 0 Å². The van der Waals surface area contributed by atoms with Crippen LogP contribution in [-0.4, -0.2) is 11.7 Å². The number of benzene rings is 1. The fraction of sp³-hybridized carbons (Fsp3) is 0.333. The summed E-state index contributed by atoms with van der Waals surface area (Å²) in [5, 5.41) is 12.4. The Labute approximate surface area is 82.2 Å². The summed E-state index contributed by atoms with van der Waals surface area (Å²) in [6.45, 7) is 0.945. The van der Waals surface area contributed by atoms with E-state index in [1.807, 2.05) is 0 Å². The molecule has 0 radical (unpaired) electrons. The van der Waals surface area contributed by atoms with Crippen molar-refractivity contribution in [3.63, 3.8) is 0 Å². The summed E-state index contributed by atoms with van der Waals surface area (Å²) in [5.41, 5.74) is 0.668. The summed E-state index contributed by atoms with van der Waals surface area (Å²) in [5.74, 6) is -0.754. The van der Waals surface area contributed by atoms with Crippen LogP contribution in [0.15, 0.2) is 18.2 Å². The van der Waals surface area contributed by atoms with Crippen LogP contribution in [0.3, 0.4) is 0 Å². The van der Waals surface area contributed by atoms with Crippen molar-refractivity contribution in [2.75, 3.05) is 6.54 Å². The molecule has 4 heteroatoms. The SMILES string of the molecule is Cl.Oc1c(F)cccc1[C@H]1CCN1. The Bertz CT molecular complexity index is 302. The van der Waals surface area contributed by atoms with Gasteiger partial charge in [-0.15, -0.1) is 12.4 Å². The van der Waals surface area contributed by atoms with Crippen LogP contribution in [0.5, 0.6) is 5.75 Å². The lowest BCUT2D eigenvalue weighted by Crippen LogP contribution is -2.34. The highest BCUT2D eigenvalue weighted by Crippen LogP contribution is 2.31. The van der Waals surface area contributed by atoms with Crippen LogP contribution in [0.1, 0.15) is 18.0 Å². The zero-order chi connectivity index (χ0) is 8.55. The first-order valence-electron chi connectivity index (χ1n) is 4.00. The molecule has 2 N–H and O–H groups in total. The molecule has 1 saturated heterocycles. The average molecular weight is 204 g/mol. The monoisotopic (exact) mass is 203 g/mol. The summed E-state index contributed by atoms with van der Waals surface area (Å²) < 4.78 is 12.8. The fourth-order valence-electron chi connectivity index (χ4n) is 1.37. The average Bonchev–Trinajstić information content (AvgIpc) is 1.95. The quantitative estimate of drug-likeness (QED) is 0.732. The van der Waals surface area contributed by atoms with Crippen molar-refractivity contribution in [1.82, 2.24) is 5.32 Å². The minimum absolute atomic E-state index is 0. The lowest BCUT2D eigenvalue weighted by Gasteiger charge is -2.28. The van der Waals surface area contributed by atoms with E-state index < -0.39 is 5.82 Å². The smallest absolute Gasteiger partial charge is 0.165 e. The number of phenolic OH excluding ortho intramolecular Hbond substituents is 1. The molecular weight excluding hydrogens is 193 g/mol. The third-order valence-corrected chi connectivity index (χ3v) is 2.22. The molecule has 2 rings (SSSR count). The molecule has 2 nitrogen and oxygen atoms in total. The van der Waals surface area contributed by atoms with Gasteiger partial charge in [0.15, 0.2) is 11.6 Å². The minimum atomic E-state index is -0.541. The second-order valence-corrected chi connectivity index (χ2v) is 2.97. The van der Waals surface area contributed by atoms with Crippen LogP contribution in [0.4, 0.5) is 4.39 Å².